The van der Waals surface area contributed by atoms with Gasteiger partial charge < -0.3 is 0 Å². The molecule has 0 aromatic carbocycles. The van der Waals surface area contributed by atoms with Crippen LogP contribution in [-0.4, -0.2) is 30.0 Å². The van der Waals surface area contributed by atoms with Crippen LogP contribution in [0.5, 0.6) is 0 Å². The van der Waals surface area contributed by atoms with Gasteiger partial charge in [-0.05, 0) is 7.05 Å². The number of hydrogen-bond donors (Lipinski definition) is 0. The van der Waals surface area contributed by atoms with E-state index >= 15 is 0 Å². The van der Waals surface area contributed by atoms with Crippen LogP contribution in [0.15, 0.2) is 4.99 Å². The minimum Gasteiger partial charge on any atom is -0.278 e. The van der Waals surface area contributed by atoms with Gasteiger partial charge in [-0.3, -0.25) is 9.89 Å². The first-order chi connectivity index (χ1) is 3.39. The van der Waals surface area contributed by atoms with E-state index in [1.54, 1.807) is 11.8 Å². The number of hydrogen-bond acceptors (Lipinski definition) is 3. The van der Waals surface area contributed by atoms with Crippen molar-refractivity contribution >= 4 is 17.3 Å². The average Bonchev–Trinajstić information content (AvgIpc) is 1.69. The van der Waals surface area contributed by atoms with Crippen molar-refractivity contribution in [3.8, 4) is 0 Å². The zero-order chi connectivity index (χ0) is 5.11. The smallest absolute Gasteiger partial charge is 0.0919 e. The highest BCUT2D eigenvalue weighted by atomic mass is 32.2. The molecule has 0 atom stereocenters. The van der Waals surface area contributed by atoms with Crippen LogP contribution in [0.4, 0.5) is 0 Å². The number of thioether (sulfide) groups is 1. The van der Waals surface area contributed by atoms with Gasteiger partial charge in [-0.25, -0.2) is 0 Å². The minimum absolute atomic E-state index is 0.868. The highest BCUT2D eigenvalue weighted by Gasteiger charge is 1.97. The van der Waals surface area contributed by atoms with Gasteiger partial charge in [0.2, 0.25) is 0 Å². The lowest BCUT2D eigenvalue weighted by molar-refractivity contribution is 0.406. The highest BCUT2D eigenvalue weighted by Crippen LogP contribution is 2.02. The van der Waals surface area contributed by atoms with Crippen molar-refractivity contribution in [2.24, 2.45) is 4.99 Å². The summed E-state index contributed by atoms with van der Waals surface area (Å²) < 4.78 is 0. The van der Waals surface area contributed by atoms with Crippen molar-refractivity contribution in [1.29, 1.82) is 0 Å². The lowest BCUT2D eigenvalue weighted by Gasteiger charge is -2.14. The molecule has 40 valence electrons. The second-order valence-electron chi connectivity index (χ2n) is 1.58. The van der Waals surface area contributed by atoms with Gasteiger partial charge in [-0.2, -0.15) is 0 Å². The molecule has 2 nitrogen and oxygen atoms in total. The Balaban J connectivity index is 2.32. The molecule has 0 saturated carbocycles. The Morgan fingerprint density at radius 2 is 2.71 bits per heavy atom. The van der Waals surface area contributed by atoms with Gasteiger partial charge in [-0.1, -0.05) is 11.8 Å². The Hall–Kier alpha value is -0.0200. The van der Waals surface area contributed by atoms with Crippen molar-refractivity contribution in [2.75, 3.05) is 19.6 Å². The Labute approximate surface area is 47.6 Å². The highest BCUT2D eigenvalue weighted by molar-refractivity contribution is 8.12. The van der Waals surface area contributed by atoms with Crippen molar-refractivity contribution in [2.45, 2.75) is 0 Å². The average molecular weight is 116 g/mol. The van der Waals surface area contributed by atoms with Crippen molar-refractivity contribution in [3.05, 3.63) is 0 Å². The molecule has 0 fully saturated rings. The molecule has 1 aliphatic heterocycles. The third kappa shape index (κ3) is 1.49. The molecule has 0 N–H and O–H groups in total. The molecule has 0 amide bonds. The van der Waals surface area contributed by atoms with Crippen LogP contribution in [-0.2, 0) is 0 Å². The summed E-state index contributed by atoms with van der Waals surface area (Å²) >= 11 is 1.74. The summed E-state index contributed by atoms with van der Waals surface area (Å²) in [5.41, 5.74) is 1.90. The summed E-state index contributed by atoms with van der Waals surface area (Å²) in [6.07, 6.45) is 0. The maximum Gasteiger partial charge on any atom is 0.0919 e. The molecule has 0 saturated heterocycles. The van der Waals surface area contributed by atoms with Gasteiger partial charge in [0.1, 0.15) is 0 Å². The van der Waals surface area contributed by atoms with E-state index in [-0.39, 0.29) is 0 Å². The van der Waals surface area contributed by atoms with Crippen LogP contribution < -0.4 is 0 Å². The normalized spacial score (nSPS) is 23.0. The molecule has 1 heterocycles. The summed E-state index contributed by atoms with van der Waals surface area (Å²) in [5, 5.41) is 0. The molecule has 1 rings (SSSR count). The Bertz CT molecular complexity index is 81.8. The van der Waals surface area contributed by atoms with Crippen LogP contribution in [0.2, 0.25) is 0 Å². The van der Waals surface area contributed by atoms with Gasteiger partial charge in [-0.15, -0.1) is 0 Å². The first-order valence-corrected chi connectivity index (χ1v) is 3.23. The molecule has 0 aromatic heterocycles. The van der Waals surface area contributed by atoms with E-state index in [1.165, 1.54) is 0 Å². The Morgan fingerprint density at radius 1 is 1.86 bits per heavy atom. The molecule has 0 radical (unpaired) electrons. The molecule has 7 heavy (non-hydrogen) atoms. The second-order valence-corrected chi connectivity index (χ2v) is 2.38. The lowest BCUT2D eigenvalue weighted by Crippen LogP contribution is -2.20. The standard InChI is InChI=1S/C4H8N2S/c1-6-2-5-3-7-4-6/h3H,2,4H2,1H3. The van der Waals surface area contributed by atoms with Gasteiger partial charge in [0.25, 0.3) is 0 Å². The fraction of sp³-hybridized carbons (Fsp3) is 0.750. The summed E-state index contributed by atoms with van der Waals surface area (Å²) in [5.74, 6) is 1.09. The molecule has 0 bridgehead atoms. The Morgan fingerprint density at radius 3 is 3.00 bits per heavy atom. The fourth-order valence-corrected chi connectivity index (χ4v) is 1.00. The van der Waals surface area contributed by atoms with Crippen LogP contribution in [0.3, 0.4) is 0 Å². The molecule has 0 spiro atoms. The van der Waals surface area contributed by atoms with E-state index in [0.717, 1.165) is 12.5 Å². The molecule has 0 aromatic rings. The molecular weight excluding hydrogens is 108 g/mol. The summed E-state index contributed by atoms with van der Waals surface area (Å²) in [6, 6.07) is 0. The molecule has 0 aliphatic carbocycles. The topological polar surface area (TPSA) is 15.6 Å². The van der Waals surface area contributed by atoms with Gasteiger partial charge in [0, 0.05) is 0 Å². The molecular formula is C4H8N2S. The van der Waals surface area contributed by atoms with Gasteiger partial charge >= 0.3 is 0 Å². The summed E-state index contributed by atoms with van der Waals surface area (Å²) in [4.78, 5) is 6.18. The summed E-state index contributed by atoms with van der Waals surface area (Å²) in [7, 11) is 2.06. The van der Waals surface area contributed by atoms with Crippen molar-refractivity contribution in [1.82, 2.24) is 4.90 Å². The third-order valence-corrected chi connectivity index (χ3v) is 1.66. The van der Waals surface area contributed by atoms with Gasteiger partial charge in [0.15, 0.2) is 0 Å². The second kappa shape index (κ2) is 2.33. The third-order valence-electron chi connectivity index (χ3n) is 0.767. The van der Waals surface area contributed by atoms with E-state index < -0.39 is 0 Å². The van der Waals surface area contributed by atoms with Crippen LogP contribution in [0, 0.1) is 0 Å². The molecule has 0 unspecified atom stereocenters. The van der Waals surface area contributed by atoms with E-state index in [2.05, 4.69) is 16.9 Å². The van der Waals surface area contributed by atoms with Crippen molar-refractivity contribution < 1.29 is 0 Å². The number of rotatable bonds is 0. The predicted octanol–water partition coefficient (Wildman–Crippen LogP) is 0.608. The zero-order valence-corrected chi connectivity index (χ0v) is 5.11. The summed E-state index contributed by atoms with van der Waals surface area (Å²) in [6.45, 7) is 0.868. The maximum absolute atomic E-state index is 4.02. The number of aliphatic imine (C=N–C) groups is 1. The number of nitrogens with zero attached hydrogens (tertiary/aromatic N) is 2. The minimum atomic E-state index is 0.868. The maximum atomic E-state index is 4.02. The van der Waals surface area contributed by atoms with E-state index in [0.29, 0.717) is 0 Å². The van der Waals surface area contributed by atoms with E-state index in [4.69, 9.17) is 0 Å². The zero-order valence-electron chi connectivity index (χ0n) is 4.29. The monoisotopic (exact) mass is 116 g/mol. The Kier molecular flexibility index (Phi) is 1.70. The van der Waals surface area contributed by atoms with Crippen LogP contribution >= 0.6 is 11.8 Å². The van der Waals surface area contributed by atoms with Gasteiger partial charge in [0.05, 0.1) is 18.1 Å². The first kappa shape index (κ1) is 5.12. The fourth-order valence-electron chi connectivity index (χ4n) is 0.427. The van der Waals surface area contributed by atoms with Crippen LogP contribution in [0.1, 0.15) is 0 Å². The van der Waals surface area contributed by atoms with Crippen molar-refractivity contribution in [3.63, 3.8) is 0 Å². The predicted molar refractivity (Wildman–Crippen MR) is 33.6 cm³/mol. The van der Waals surface area contributed by atoms with Crippen LogP contribution in [0.25, 0.3) is 0 Å². The lowest BCUT2D eigenvalue weighted by atomic mass is 10.9. The first-order valence-electron chi connectivity index (χ1n) is 2.18. The largest absolute Gasteiger partial charge is 0.278 e. The molecule has 3 heteroatoms. The molecule has 1 aliphatic rings. The quantitative estimate of drug-likeness (QED) is 0.461. The van der Waals surface area contributed by atoms with E-state index in [9.17, 15) is 0 Å². The SMILES string of the molecule is CN1CN=CSC1. The van der Waals surface area contributed by atoms with E-state index in [1.807, 2.05) is 5.55 Å².